The lowest BCUT2D eigenvalue weighted by Crippen LogP contribution is -2.65. The minimum atomic E-state index is -1.79. The van der Waals surface area contributed by atoms with Gasteiger partial charge in [0.15, 0.2) is 12.6 Å². The van der Waals surface area contributed by atoms with Crippen LogP contribution in [-0.4, -0.2) is 140 Å². The van der Waals surface area contributed by atoms with Gasteiger partial charge in [0.25, 0.3) is 0 Å². The second-order valence-corrected chi connectivity index (χ2v) is 19.7. The van der Waals surface area contributed by atoms with E-state index in [0.717, 1.165) is 64.2 Å². The Morgan fingerprint density at radius 1 is 0.522 bits per heavy atom. The number of ether oxygens (including phenoxy) is 4. The van der Waals surface area contributed by atoms with E-state index < -0.39 is 86.8 Å². The van der Waals surface area contributed by atoms with Crippen LogP contribution in [0.15, 0.2) is 36.5 Å². The second kappa shape index (κ2) is 41.7. The summed E-state index contributed by atoms with van der Waals surface area (Å²) in [4.78, 5) is 13.2. The highest BCUT2D eigenvalue weighted by atomic mass is 16.7. The highest BCUT2D eigenvalue weighted by molar-refractivity contribution is 5.76. The molecule has 9 N–H and O–H groups in total. The summed E-state index contributed by atoms with van der Waals surface area (Å²) in [5.41, 5.74) is 0. The molecule has 0 aromatic heterocycles. The Bertz CT molecular complexity index is 1300. The van der Waals surface area contributed by atoms with Crippen molar-refractivity contribution < 1.29 is 64.6 Å². The molecule has 0 aromatic rings. The summed E-state index contributed by atoms with van der Waals surface area (Å²) in [5, 5.41) is 86.9. The molecule has 0 aliphatic carbocycles. The van der Waals surface area contributed by atoms with Crippen LogP contribution in [0.25, 0.3) is 0 Å². The smallest absolute Gasteiger partial charge is 0.220 e. The van der Waals surface area contributed by atoms with Crippen LogP contribution in [0.1, 0.15) is 213 Å². The molecule has 2 aliphatic rings. The van der Waals surface area contributed by atoms with Gasteiger partial charge in [-0.25, -0.2) is 0 Å². The highest BCUT2D eigenvalue weighted by Gasteiger charge is 2.51. The van der Waals surface area contributed by atoms with E-state index in [9.17, 15) is 45.6 Å². The number of rotatable bonds is 43. The van der Waals surface area contributed by atoms with E-state index in [0.29, 0.717) is 6.42 Å². The van der Waals surface area contributed by atoms with E-state index in [1.165, 1.54) is 122 Å². The van der Waals surface area contributed by atoms with Gasteiger partial charge in [-0.05, 0) is 51.4 Å². The average Bonchev–Trinajstić information content (AvgIpc) is 3.35. The van der Waals surface area contributed by atoms with Crippen molar-refractivity contribution in [2.75, 3.05) is 19.8 Å². The molecule has 2 heterocycles. The van der Waals surface area contributed by atoms with Gasteiger partial charge in [0, 0.05) is 6.42 Å². The van der Waals surface area contributed by atoms with Crippen molar-refractivity contribution in [2.45, 2.75) is 286 Å². The first-order chi connectivity index (χ1) is 33.6. The number of amides is 1. The first kappa shape index (κ1) is 63.3. The van der Waals surface area contributed by atoms with Gasteiger partial charge in [0.05, 0.1) is 32.0 Å². The topological polar surface area (TPSA) is 228 Å². The third kappa shape index (κ3) is 28.3. The number of aliphatic hydroxyl groups is 8. The summed E-state index contributed by atoms with van der Waals surface area (Å²) in [6.07, 6.45) is 31.7. The minimum absolute atomic E-state index is 0.253. The maximum atomic E-state index is 13.2. The Morgan fingerprint density at radius 3 is 1.46 bits per heavy atom. The van der Waals surface area contributed by atoms with Crippen LogP contribution < -0.4 is 5.32 Å². The van der Waals surface area contributed by atoms with E-state index in [4.69, 9.17) is 18.9 Å². The highest BCUT2D eigenvalue weighted by Crippen LogP contribution is 2.30. The number of nitrogens with one attached hydrogen (secondary N) is 1. The molecule has 14 nitrogen and oxygen atoms in total. The molecule has 0 radical (unpaired) electrons. The normalized spacial score (nSPS) is 26.4. The molecule has 2 rings (SSSR count). The van der Waals surface area contributed by atoms with Crippen LogP contribution >= 0.6 is 0 Å². The van der Waals surface area contributed by atoms with Gasteiger partial charge in [0.1, 0.15) is 48.8 Å². The van der Waals surface area contributed by atoms with E-state index in [-0.39, 0.29) is 18.9 Å². The fourth-order valence-electron chi connectivity index (χ4n) is 9.03. The van der Waals surface area contributed by atoms with Crippen molar-refractivity contribution in [2.24, 2.45) is 0 Å². The molecule has 2 fully saturated rings. The number of carbonyl (C=O) groups excluding carboxylic acids is 1. The Labute approximate surface area is 417 Å². The summed E-state index contributed by atoms with van der Waals surface area (Å²) in [7, 11) is 0. The van der Waals surface area contributed by atoms with Gasteiger partial charge in [-0.3, -0.25) is 4.79 Å². The van der Waals surface area contributed by atoms with Gasteiger partial charge >= 0.3 is 0 Å². The molecule has 2 aliphatic heterocycles. The number of aliphatic hydroxyl groups excluding tert-OH is 8. The summed E-state index contributed by atoms with van der Waals surface area (Å²) < 4.78 is 22.7. The van der Waals surface area contributed by atoms with Crippen molar-refractivity contribution in [1.29, 1.82) is 0 Å². The molecular weight excluding hydrogens is 883 g/mol. The zero-order chi connectivity index (χ0) is 50.3. The van der Waals surface area contributed by atoms with Crippen molar-refractivity contribution in [1.82, 2.24) is 5.32 Å². The van der Waals surface area contributed by atoms with Crippen LogP contribution in [0.3, 0.4) is 0 Å². The molecule has 14 heteroatoms. The third-order valence-electron chi connectivity index (χ3n) is 13.6. The number of allylic oxidation sites excluding steroid dienone is 5. The van der Waals surface area contributed by atoms with E-state index in [1.807, 2.05) is 6.08 Å². The molecule has 0 spiro atoms. The van der Waals surface area contributed by atoms with Crippen LogP contribution in [-0.2, 0) is 23.7 Å². The number of carbonyl (C=O) groups is 1. The van der Waals surface area contributed by atoms with Gasteiger partial charge in [-0.15, -0.1) is 0 Å². The van der Waals surface area contributed by atoms with Crippen molar-refractivity contribution >= 4 is 5.91 Å². The van der Waals surface area contributed by atoms with Crippen LogP contribution in [0.2, 0.25) is 0 Å². The predicted octanol–water partition coefficient (Wildman–Crippen LogP) is 8.27. The molecule has 12 unspecified atom stereocenters. The quantitative estimate of drug-likeness (QED) is 0.0207. The summed E-state index contributed by atoms with van der Waals surface area (Å²) in [6, 6.07) is -0.921. The molecule has 0 bridgehead atoms. The van der Waals surface area contributed by atoms with Gasteiger partial charge in [-0.1, -0.05) is 192 Å². The standard InChI is InChI=1S/C55H101NO13/c1-3-5-7-9-11-13-15-17-19-21-22-23-24-26-28-30-32-34-36-38-44(59)43(56-47(60)39-37-35-33-31-29-27-25-20-18-16-14-12-10-8-6-4-2)42-66-54-52(65)50(63)53(46(41-58)68-54)69-55-51(64)49(62)48(61)45(40-57)67-55/h14,16,20,25,36,38,43-46,48-55,57-59,61-65H,3-13,15,17-19,21-24,26-35,37,39-42H2,1-2H3,(H,56,60)/b16-14-,25-20-,38-36+. The lowest BCUT2D eigenvalue weighted by atomic mass is 9.97. The lowest BCUT2D eigenvalue weighted by molar-refractivity contribution is -0.359. The summed E-state index contributed by atoms with van der Waals surface area (Å²) in [6.45, 7) is 2.77. The van der Waals surface area contributed by atoms with Crippen LogP contribution in [0.4, 0.5) is 0 Å². The monoisotopic (exact) mass is 984 g/mol. The molecule has 69 heavy (non-hydrogen) atoms. The fraction of sp³-hybridized carbons (Fsp3) is 0.873. The molecule has 0 aromatic carbocycles. The molecule has 2 saturated heterocycles. The predicted molar refractivity (Wildman–Crippen MR) is 272 cm³/mol. The minimum Gasteiger partial charge on any atom is -0.394 e. The first-order valence-electron chi connectivity index (χ1n) is 27.7. The van der Waals surface area contributed by atoms with Crippen molar-refractivity contribution in [3.63, 3.8) is 0 Å². The maximum Gasteiger partial charge on any atom is 0.220 e. The molecule has 1 amide bonds. The SMILES string of the molecule is CCCCCC/C=C\C/C=C\CCCCCCCC(=O)NC(COC1OC(CO)C(OC2OC(CO)C(O)C(O)C2O)C(O)C1O)C(O)/C=C/CCCCCCCCCCCCCCCCCCC. The molecule has 404 valence electrons. The van der Waals surface area contributed by atoms with Crippen LogP contribution in [0.5, 0.6) is 0 Å². The Kier molecular flexibility index (Phi) is 38.2. The maximum absolute atomic E-state index is 13.2. The van der Waals surface area contributed by atoms with E-state index >= 15 is 0 Å². The van der Waals surface area contributed by atoms with E-state index in [1.54, 1.807) is 6.08 Å². The zero-order valence-electron chi connectivity index (χ0n) is 43.1. The Hall–Kier alpha value is -1.79. The third-order valence-corrected chi connectivity index (χ3v) is 13.6. The second-order valence-electron chi connectivity index (χ2n) is 19.7. The molecular formula is C55H101NO13. The van der Waals surface area contributed by atoms with Crippen molar-refractivity contribution in [3.8, 4) is 0 Å². The van der Waals surface area contributed by atoms with Crippen LogP contribution in [0, 0.1) is 0 Å². The average molecular weight is 984 g/mol. The molecule has 12 atom stereocenters. The zero-order valence-corrected chi connectivity index (χ0v) is 43.1. The summed E-state index contributed by atoms with van der Waals surface area (Å²) in [5.74, 6) is -0.253. The van der Waals surface area contributed by atoms with Gasteiger partial charge in [-0.2, -0.15) is 0 Å². The fourth-order valence-corrected chi connectivity index (χ4v) is 9.03. The summed E-state index contributed by atoms with van der Waals surface area (Å²) >= 11 is 0. The largest absolute Gasteiger partial charge is 0.394 e. The Balaban J connectivity index is 1.82. The number of hydrogen-bond acceptors (Lipinski definition) is 13. The number of hydrogen-bond donors (Lipinski definition) is 9. The number of unbranched alkanes of at least 4 members (excludes halogenated alkanes) is 26. The van der Waals surface area contributed by atoms with Crippen molar-refractivity contribution in [3.05, 3.63) is 36.5 Å². The van der Waals surface area contributed by atoms with Gasteiger partial charge in [0.2, 0.25) is 5.91 Å². The Morgan fingerprint density at radius 2 is 0.957 bits per heavy atom. The van der Waals surface area contributed by atoms with Gasteiger partial charge < -0.3 is 65.1 Å². The molecule has 0 saturated carbocycles. The first-order valence-corrected chi connectivity index (χ1v) is 27.7. The lowest BCUT2D eigenvalue weighted by Gasteiger charge is -2.46. The van der Waals surface area contributed by atoms with E-state index in [2.05, 4.69) is 43.5 Å².